The molecule has 2 aliphatic rings. The van der Waals surface area contributed by atoms with Gasteiger partial charge in [0.2, 0.25) is 11.8 Å². The van der Waals surface area contributed by atoms with E-state index in [1.54, 1.807) is 11.9 Å². The number of amides is 2. The lowest BCUT2D eigenvalue weighted by Gasteiger charge is -2.26. The van der Waals surface area contributed by atoms with Gasteiger partial charge < -0.3 is 14.7 Å². The Kier molecular flexibility index (Phi) is 6.40. The van der Waals surface area contributed by atoms with E-state index in [9.17, 15) is 19.2 Å². The van der Waals surface area contributed by atoms with Crippen LogP contribution in [0.2, 0.25) is 0 Å². The van der Waals surface area contributed by atoms with E-state index in [2.05, 4.69) is 0 Å². The van der Waals surface area contributed by atoms with E-state index in [0.717, 1.165) is 23.1 Å². The fourth-order valence-corrected chi connectivity index (χ4v) is 4.86. The van der Waals surface area contributed by atoms with Gasteiger partial charge >= 0.3 is 5.69 Å². The summed E-state index contributed by atoms with van der Waals surface area (Å²) in [7, 11) is 3.11. The highest BCUT2D eigenvalue weighted by Crippen LogP contribution is 2.32. The first-order valence-corrected chi connectivity index (χ1v) is 11.5. The first kappa shape index (κ1) is 22.8. The van der Waals surface area contributed by atoms with E-state index in [0.29, 0.717) is 32.0 Å². The largest absolute Gasteiger partial charge is 0.356 e. The van der Waals surface area contributed by atoms with Crippen LogP contribution in [-0.2, 0) is 30.1 Å². The van der Waals surface area contributed by atoms with Crippen molar-refractivity contribution >= 4 is 23.3 Å². The van der Waals surface area contributed by atoms with Crippen molar-refractivity contribution in [3.8, 4) is 0 Å². The van der Waals surface area contributed by atoms with Crippen LogP contribution in [0.3, 0.4) is 0 Å². The lowest BCUT2D eigenvalue weighted by Crippen LogP contribution is -2.41. The van der Waals surface area contributed by atoms with Crippen LogP contribution >= 0.6 is 0 Å². The van der Waals surface area contributed by atoms with Crippen molar-refractivity contribution in [2.45, 2.75) is 38.6 Å². The van der Waals surface area contributed by atoms with Gasteiger partial charge in [-0.15, -0.1) is 0 Å². The lowest BCUT2D eigenvalue weighted by molar-refractivity contribution is -0.133. The lowest BCUT2D eigenvalue weighted by atomic mass is 10.1. The van der Waals surface area contributed by atoms with Crippen molar-refractivity contribution in [1.29, 1.82) is 0 Å². The molecule has 9 heteroatoms. The highest BCUT2D eigenvalue weighted by Gasteiger charge is 2.31. The van der Waals surface area contributed by atoms with Crippen molar-refractivity contribution in [3.05, 3.63) is 56.7 Å². The first-order chi connectivity index (χ1) is 15.8. The summed E-state index contributed by atoms with van der Waals surface area (Å²) in [5, 5.41) is 0. The third-order valence-corrected chi connectivity index (χ3v) is 6.70. The molecule has 2 aromatic rings. The Labute approximate surface area is 192 Å². The third kappa shape index (κ3) is 4.44. The second kappa shape index (κ2) is 9.25. The van der Waals surface area contributed by atoms with Crippen LogP contribution in [-0.4, -0.2) is 58.1 Å². The van der Waals surface area contributed by atoms with Gasteiger partial charge in [0.25, 0.3) is 5.56 Å². The molecule has 1 fully saturated rings. The minimum atomic E-state index is -0.370. The molecule has 0 spiro atoms. The van der Waals surface area contributed by atoms with E-state index in [-0.39, 0.29) is 41.9 Å². The van der Waals surface area contributed by atoms with Crippen molar-refractivity contribution in [2.75, 3.05) is 36.0 Å². The van der Waals surface area contributed by atoms with E-state index in [4.69, 9.17) is 0 Å². The zero-order valence-electron chi connectivity index (χ0n) is 19.5. The van der Waals surface area contributed by atoms with Gasteiger partial charge in [-0.2, -0.15) is 0 Å². The van der Waals surface area contributed by atoms with Gasteiger partial charge in [-0.3, -0.25) is 23.5 Å². The normalized spacial score (nSPS) is 18.3. The Morgan fingerprint density at radius 1 is 0.939 bits per heavy atom. The molecule has 1 aromatic heterocycles. The van der Waals surface area contributed by atoms with E-state index < -0.39 is 0 Å². The number of anilines is 2. The summed E-state index contributed by atoms with van der Waals surface area (Å²) in [5.74, 6) is 0.504. The molecule has 0 aliphatic carbocycles. The monoisotopic (exact) mass is 453 g/mol. The predicted molar refractivity (Wildman–Crippen MR) is 127 cm³/mol. The number of hydrogen-bond donors (Lipinski definition) is 0. The maximum absolute atomic E-state index is 12.9. The molecule has 9 nitrogen and oxygen atoms in total. The Morgan fingerprint density at radius 3 is 2.45 bits per heavy atom. The van der Waals surface area contributed by atoms with Crippen LogP contribution in [0.25, 0.3) is 0 Å². The number of nitrogens with zero attached hydrogens (tertiary/aromatic N) is 5. The molecule has 2 amide bonds. The summed E-state index contributed by atoms with van der Waals surface area (Å²) >= 11 is 0. The fourth-order valence-electron chi connectivity index (χ4n) is 4.86. The van der Waals surface area contributed by atoms with Crippen molar-refractivity contribution in [3.63, 3.8) is 0 Å². The standard InChI is InChI=1S/C24H31N5O4/c1-17-15-18-7-4-5-8-19(18)29(17)22(31)10-9-21(30)28-12-6-11-27(13-14-28)20-16-23(32)26(3)24(33)25(20)2/h4-5,7-8,16-17H,6,9-15H2,1-3H3. The minimum absolute atomic E-state index is 0.0209. The Hall–Kier alpha value is -3.36. The van der Waals surface area contributed by atoms with Crippen molar-refractivity contribution in [1.82, 2.24) is 14.0 Å². The van der Waals surface area contributed by atoms with Crippen LogP contribution < -0.4 is 21.0 Å². The molecule has 0 bridgehead atoms. The number of hydrogen-bond acceptors (Lipinski definition) is 5. The van der Waals surface area contributed by atoms with Gasteiger partial charge in [-0.1, -0.05) is 18.2 Å². The summed E-state index contributed by atoms with van der Waals surface area (Å²) in [6.45, 7) is 4.28. The van der Waals surface area contributed by atoms with Gasteiger partial charge in [0.1, 0.15) is 5.82 Å². The van der Waals surface area contributed by atoms with Gasteiger partial charge in [0.05, 0.1) is 0 Å². The average Bonchev–Trinajstić information content (AvgIpc) is 2.96. The van der Waals surface area contributed by atoms with Crippen LogP contribution in [0.4, 0.5) is 11.5 Å². The van der Waals surface area contributed by atoms with E-state index in [1.807, 2.05) is 41.0 Å². The first-order valence-electron chi connectivity index (χ1n) is 11.5. The fraction of sp³-hybridized carbons (Fsp3) is 0.500. The van der Waals surface area contributed by atoms with Crippen molar-refractivity contribution < 1.29 is 9.59 Å². The highest BCUT2D eigenvalue weighted by atomic mass is 16.2. The summed E-state index contributed by atoms with van der Waals surface area (Å²) in [5.41, 5.74) is 1.40. The van der Waals surface area contributed by atoms with Crippen molar-refractivity contribution in [2.24, 2.45) is 14.1 Å². The predicted octanol–water partition coefficient (Wildman–Crippen LogP) is 0.881. The van der Waals surface area contributed by atoms with E-state index in [1.165, 1.54) is 23.2 Å². The topological polar surface area (TPSA) is 87.9 Å². The number of para-hydroxylation sites is 1. The average molecular weight is 454 g/mol. The molecule has 0 saturated carbocycles. The molecule has 2 aliphatic heterocycles. The van der Waals surface area contributed by atoms with Crippen LogP contribution in [0.15, 0.2) is 39.9 Å². The molecule has 1 atom stereocenters. The number of carbonyl (C=O) groups excluding carboxylic acids is 2. The summed E-state index contributed by atoms with van der Waals surface area (Å²) < 4.78 is 2.54. The number of aromatic nitrogens is 2. The SMILES string of the molecule is CC1Cc2ccccc2N1C(=O)CCC(=O)N1CCCN(c2cc(=O)n(C)c(=O)n2C)CC1. The van der Waals surface area contributed by atoms with Gasteiger partial charge in [0.15, 0.2) is 0 Å². The molecule has 33 heavy (non-hydrogen) atoms. The second-order valence-electron chi connectivity index (χ2n) is 8.91. The number of benzene rings is 1. The van der Waals surface area contributed by atoms with Gasteiger partial charge in [-0.05, 0) is 31.4 Å². The Morgan fingerprint density at radius 2 is 1.67 bits per heavy atom. The summed E-state index contributed by atoms with van der Waals surface area (Å²) in [6, 6.07) is 9.49. The molecule has 1 aromatic carbocycles. The van der Waals surface area contributed by atoms with Gasteiger partial charge in [0, 0.05) is 70.9 Å². The Bertz CT molecular complexity index is 1180. The van der Waals surface area contributed by atoms with Crippen LogP contribution in [0, 0.1) is 0 Å². The summed E-state index contributed by atoms with van der Waals surface area (Å²) in [4.78, 5) is 55.8. The smallest absolute Gasteiger partial charge is 0.332 e. The highest BCUT2D eigenvalue weighted by molar-refractivity contribution is 5.97. The zero-order chi connectivity index (χ0) is 23.7. The van der Waals surface area contributed by atoms with Crippen LogP contribution in [0.1, 0.15) is 31.7 Å². The molecule has 1 unspecified atom stereocenters. The molecule has 176 valence electrons. The van der Waals surface area contributed by atoms with Crippen LogP contribution in [0.5, 0.6) is 0 Å². The summed E-state index contributed by atoms with van der Waals surface area (Å²) in [6.07, 6.45) is 1.91. The maximum atomic E-state index is 12.9. The maximum Gasteiger partial charge on any atom is 0.332 e. The number of carbonyl (C=O) groups is 2. The number of fused-ring (bicyclic) bond motifs is 1. The molecule has 1 saturated heterocycles. The third-order valence-electron chi connectivity index (χ3n) is 6.70. The van der Waals surface area contributed by atoms with E-state index >= 15 is 0 Å². The molecular formula is C24H31N5O4. The molecule has 4 rings (SSSR count). The number of rotatable bonds is 4. The zero-order valence-corrected chi connectivity index (χ0v) is 19.5. The second-order valence-corrected chi connectivity index (χ2v) is 8.91. The minimum Gasteiger partial charge on any atom is -0.356 e. The Balaban J connectivity index is 1.37. The molecule has 0 radical (unpaired) electrons. The molecule has 3 heterocycles. The van der Waals surface area contributed by atoms with Gasteiger partial charge in [-0.25, -0.2) is 4.79 Å². The molecule has 0 N–H and O–H groups in total. The molecular weight excluding hydrogens is 422 g/mol. The quantitative estimate of drug-likeness (QED) is 0.686.